The number of carbonyl (C=O) groups is 1. The zero-order valence-corrected chi connectivity index (χ0v) is 14.0. The van der Waals surface area contributed by atoms with Crippen LogP contribution in [0.4, 0.5) is 0 Å². The summed E-state index contributed by atoms with van der Waals surface area (Å²) in [6.45, 7) is 0.764. The Balaban J connectivity index is 2.29. The van der Waals surface area contributed by atoms with E-state index in [2.05, 4.69) is 10.3 Å². The van der Waals surface area contributed by atoms with Crippen LogP contribution in [0.1, 0.15) is 29.4 Å². The maximum absolute atomic E-state index is 12.1. The molecule has 0 spiro atoms. The number of H-pyrrole nitrogens is 1. The molecule has 1 fully saturated rings. The number of ketones is 1. The van der Waals surface area contributed by atoms with E-state index in [9.17, 15) is 14.4 Å². The molecule has 24 heavy (non-hydrogen) atoms. The first kappa shape index (κ1) is 18.5. The number of carbonyl (C=O) groups excluding carboxylic acids is 1. The second-order valence-electron chi connectivity index (χ2n) is 5.58. The lowest BCUT2D eigenvalue weighted by Gasteiger charge is -2.16. The predicted molar refractivity (Wildman–Crippen MR) is 85.4 cm³/mol. The third-order valence-corrected chi connectivity index (χ3v) is 3.99. The van der Waals surface area contributed by atoms with Gasteiger partial charge in [-0.3, -0.25) is 19.1 Å². The summed E-state index contributed by atoms with van der Waals surface area (Å²) in [4.78, 5) is 38.3. The van der Waals surface area contributed by atoms with Gasteiger partial charge in [-0.2, -0.15) is 0 Å². The molecule has 1 aromatic heterocycles. The summed E-state index contributed by atoms with van der Waals surface area (Å²) in [5.74, 6) is -0.339. The van der Waals surface area contributed by atoms with Gasteiger partial charge in [0.05, 0.1) is 18.3 Å². The maximum atomic E-state index is 12.1. The second-order valence-corrected chi connectivity index (χ2v) is 5.58. The van der Waals surface area contributed by atoms with Gasteiger partial charge in [-0.05, 0) is 7.05 Å². The average Bonchev–Trinajstić information content (AvgIpc) is 2.95. The normalized spacial score (nSPS) is 23.5. The number of hydrogen-bond acceptors (Lipinski definition) is 7. The topological polar surface area (TPSA) is 112 Å². The first-order valence-electron chi connectivity index (χ1n) is 7.72. The van der Waals surface area contributed by atoms with Crippen molar-refractivity contribution in [3.63, 3.8) is 0 Å². The molecule has 0 saturated carbocycles. The second kappa shape index (κ2) is 8.34. The zero-order valence-electron chi connectivity index (χ0n) is 14.0. The minimum atomic E-state index is -0.688. The fraction of sp³-hybridized carbons (Fsp3) is 0.667. The van der Waals surface area contributed by atoms with Crippen LogP contribution in [0, 0.1) is 0 Å². The van der Waals surface area contributed by atoms with Crippen molar-refractivity contribution in [1.29, 1.82) is 0 Å². The summed E-state index contributed by atoms with van der Waals surface area (Å²) in [5.41, 5.74) is -1.37. The van der Waals surface area contributed by atoms with E-state index < -0.39 is 17.5 Å². The number of Topliss-reactive ketones (excluding diaryl/α,β-unsaturated/α-hetero) is 1. The van der Waals surface area contributed by atoms with Crippen molar-refractivity contribution in [3.8, 4) is 0 Å². The van der Waals surface area contributed by atoms with E-state index in [-0.39, 0.29) is 30.0 Å². The highest BCUT2D eigenvalue weighted by molar-refractivity contribution is 5.95. The molecule has 0 amide bonds. The number of nitrogens with zero attached hydrogens (tertiary/aromatic N) is 1. The Hall–Kier alpha value is -1.81. The van der Waals surface area contributed by atoms with Gasteiger partial charge < -0.3 is 19.5 Å². The summed E-state index contributed by atoms with van der Waals surface area (Å²) in [5, 5.41) is 2.85. The monoisotopic (exact) mass is 341 g/mol. The number of methoxy groups -OCH3 is 2. The van der Waals surface area contributed by atoms with Crippen LogP contribution in [0.25, 0.3) is 0 Å². The molecule has 3 unspecified atom stereocenters. The van der Waals surface area contributed by atoms with Crippen molar-refractivity contribution in [2.45, 2.75) is 31.3 Å². The Morgan fingerprint density at radius 3 is 2.83 bits per heavy atom. The van der Waals surface area contributed by atoms with Gasteiger partial charge in [0, 0.05) is 39.8 Å². The standard InChI is InChI=1S/C15H23N3O6/c1-16-5-4-10(19)9-7-18(15(21)17-14(9)20)13-6-11(23-3)12(24-13)8-22-2/h7,11-13,16H,4-6,8H2,1-3H3,(H,17,20,21). The van der Waals surface area contributed by atoms with Crippen molar-refractivity contribution in [2.24, 2.45) is 0 Å². The van der Waals surface area contributed by atoms with Crippen LogP contribution >= 0.6 is 0 Å². The van der Waals surface area contributed by atoms with Crippen LogP contribution in [0.2, 0.25) is 0 Å². The lowest BCUT2D eigenvalue weighted by molar-refractivity contribution is -0.0618. The molecule has 1 aliphatic heterocycles. The number of aromatic nitrogens is 2. The van der Waals surface area contributed by atoms with Gasteiger partial charge >= 0.3 is 5.69 Å². The van der Waals surface area contributed by atoms with E-state index in [4.69, 9.17) is 14.2 Å². The number of ether oxygens (including phenoxy) is 3. The Kier molecular flexibility index (Phi) is 6.44. The number of aromatic amines is 1. The molecule has 0 bridgehead atoms. The fourth-order valence-corrected chi connectivity index (χ4v) is 2.70. The summed E-state index contributed by atoms with van der Waals surface area (Å²) < 4.78 is 17.5. The first-order valence-corrected chi connectivity index (χ1v) is 7.72. The largest absolute Gasteiger partial charge is 0.382 e. The highest BCUT2D eigenvalue weighted by Crippen LogP contribution is 2.29. The molecular weight excluding hydrogens is 318 g/mol. The number of hydrogen-bond donors (Lipinski definition) is 2. The molecule has 134 valence electrons. The maximum Gasteiger partial charge on any atom is 0.330 e. The Morgan fingerprint density at radius 1 is 1.46 bits per heavy atom. The van der Waals surface area contributed by atoms with Gasteiger partial charge in [0.1, 0.15) is 12.3 Å². The van der Waals surface area contributed by atoms with Gasteiger partial charge in [-0.1, -0.05) is 0 Å². The van der Waals surface area contributed by atoms with Crippen molar-refractivity contribution in [1.82, 2.24) is 14.9 Å². The number of rotatable bonds is 8. The van der Waals surface area contributed by atoms with Crippen LogP contribution in [-0.2, 0) is 14.2 Å². The third-order valence-electron chi connectivity index (χ3n) is 3.99. The first-order chi connectivity index (χ1) is 11.5. The Bertz CT molecular complexity index is 683. The molecule has 0 aliphatic carbocycles. The zero-order chi connectivity index (χ0) is 17.7. The van der Waals surface area contributed by atoms with Gasteiger partial charge in [0.15, 0.2) is 5.78 Å². The predicted octanol–water partition coefficient (Wildman–Crippen LogP) is -0.722. The van der Waals surface area contributed by atoms with E-state index in [1.165, 1.54) is 10.8 Å². The van der Waals surface area contributed by atoms with Gasteiger partial charge in [0.2, 0.25) is 0 Å². The SMILES string of the molecule is CNCCC(=O)c1cn(C2CC(OC)C(COC)O2)c(=O)[nH]c1=O. The minimum absolute atomic E-state index is 0.0578. The quantitative estimate of drug-likeness (QED) is 0.600. The highest BCUT2D eigenvalue weighted by atomic mass is 16.6. The van der Waals surface area contributed by atoms with Crippen molar-refractivity contribution < 1.29 is 19.0 Å². The van der Waals surface area contributed by atoms with Crippen molar-refractivity contribution in [3.05, 3.63) is 32.6 Å². The molecule has 2 rings (SSSR count). The lowest BCUT2D eigenvalue weighted by Crippen LogP contribution is -2.36. The summed E-state index contributed by atoms with van der Waals surface area (Å²) in [6, 6.07) is 0. The molecule has 9 heteroatoms. The van der Waals surface area contributed by atoms with Crippen LogP contribution in [-0.4, -0.2) is 62.0 Å². The van der Waals surface area contributed by atoms with Crippen LogP contribution in [0.5, 0.6) is 0 Å². The van der Waals surface area contributed by atoms with Gasteiger partial charge in [-0.15, -0.1) is 0 Å². The van der Waals surface area contributed by atoms with E-state index in [1.54, 1.807) is 21.3 Å². The molecule has 2 heterocycles. The summed E-state index contributed by atoms with van der Waals surface area (Å²) in [7, 11) is 4.82. The summed E-state index contributed by atoms with van der Waals surface area (Å²) in [6.07, 6.45) is 0.655. The molecule has 3 atom stereocenters. The van der Waals surface area contributed by atoms with E-state index in [0.717, 1.165) is 0 Å². The fourth-order valence-electron chi connectivity index (χ4n) is 2.70. The molecule has 9 nitrogen and oxygen atoms in total. The van der Waals surface area contributed by atoms with Crippen molar-refractivity contribution in [2.75, 3.05) is 34.4 Å². The summed E-state index contributed by atoms with van der Waals surface area (Å²) >= 11 is 0. The Morgan fingerprint density at radius 2 is 2.21 bits per heavy atom. The smallest absolute Gasteiger partial charge is 0.330 e. The van der Waals surface area contributed by atoms with E-state index in [0.29, 0.717) is 19.6 Å². The van der Waals surface area contributed by atoms with Crippen LogP contribution in [0.3, 0.4) is 0 Å². The molecule has 0 aromatic carbocycles. The lowest BCUT2D eigenvalue weighted by atomic mass is 10.1. The molecule has 1 aromatic rings. The van der Waals surface area contributed by atoms with Gasteiger partial charge in [-0.25, -0.2) is 4.79 Å². The van der Waals surface area contributed by atoms with Crippen LogP contribution in [0.15, 0.2) is 15.8 Å². The molecule has 1 saturated heterocycles. The van der Waals surface area contributed by atoms with Gasteiger partial charge in [0.25, 0.3) is 5.56 Å². The van der Waals surface area contributed by atoms with E-state index in [1.807, 2.05) is 0 Å². The highest BCUT2D eigenvalue weighted by Gasteiger charge is 2.37. The molecular formula is C15H23N3O6. The molecule has 2 N–H and O–H groups in total. The average molecular weight is 341 g/mol. The van der Waals surface area contributed by atoms with Crippen LogP contribution < -0.4 is 16.6 Å². The van der Waals surface area contributed by atoms with Crippen molar-refractivity contribution >= 4 is 5.78 Å². The molecule has 1 aliphatic rings. The third kappa shape index (κ3) is 3.99. The minimum Gasteiger partial charge on any atom is -0.382 e. The number of nitrogens with one attached hydrogen (secondary N) is 2. The Labute approximate surface area is 138 Å². The van der Waals surface area contributed by atoms with E-state index >= 15 is 0 Å². The molecule has 0 radical (unpaired) electrons.